The zero-order valence-corrected chi connectivity index (χ0v) is 10.0. The Kier molecular flexibility index (Phi) is 9.24. The van der Waals surface area contributed by atoms with Crippen molar-refractivity contribution in [1.29, 1.82) is 0 Å². The van der Waals surface area contributed by atoms with Crippen LogP contribution >= 0.6 is 0 Å². The van der Waals surface area contributed by atoms with Crippen molar-refractivity contribution in [2.24, 2.45) is 5.92 Å². The smallest absolute Gasteiger partial charge is 0.306 e. The third-order valence-electron chi connectivity index (χ3n) is 2.57. The summed E-state index contributed by atoms with van der Waals surface area (Å²) in [5.74, 6) is -0.827. The quantitative estimate of drug-likeness (QED) is 0.463. The first-order valence-electron chi connectivity index (χ1n) is 6.10. The highest BCUT2D eigenvalue weighted by Crippen LogP contribution is 2.14. The Balaban J connectivity index is 3.74. The van der Waals surface area contributed by atoms with E-state index in [9.17, 15) is 4.79 Å². The lowest BCUT2D eigenvalue weighted by molar-refractivity contribution is -0.141. The molecule has 0 aliphatic carbocycles. The van der Waals surface area contributed by atoms with E-state index in [1.807, 2.05) is 6.08 Å². The number of carboxylic acid groups (broad SMARTS) is 1. The Bertz CT molecular complexity index is 185. The molecule has 0 bridgehead atoms. The first-order chi connectivity index (χ1) is 7.22. The van der Waals surface area contributed by atoms with E-state index in [1.165, 1.54) is 12.8 Å². The van der Waals surface area contributed by atoms with Gasteiger partial charge in [-0.2, -0.15) is 0 Å². The molecule has 1 atom stereocenters. The van der Waals surface area contributed by atoms with Crippen molar-refractivity contribution in [3.8, 4) is 0 Å². The van der Waals surface area contributed by atoms with Gasteiger partial charge in [0, 0.05) is 0 Å². The Hall–Kier alpha value is -0.790. The molecule has 0 rings (SSSR count). The van der Waals surface area contributed by atoms with Gasteiger partial charge in [-0.25, -0.2) is 0 Å². The first-order valence-corrected chi connectivity index (χ1v) is 6.10. The van der Waals surface area contributed by atoms with Crippen LogP contribution in [0.25, 0.3) is 0 Å². The molecule has 0 aliphatic heterocycles. The average molecular weight is 212 g/mol. The highest BCUT2D eigenvalue weighted by atomic mass is 16.4. The second-order valence-electron chi connectivity index (χ2n) is 4.03. The molecule has 88 valence electrons. The largest absolute Gasteiger partial charge is 0.481 e. The number of hydrogen-bond acceptors (Lipinski definition) is 1. The fraction of sp³-hybridized carbons (Fsp3) is 0.769. The first kappa shape index (κ1) is 14.2. The summed E-state index contributed by atoms with van der Waals surface area (Å²) in [4.78, 5) is 10.9. The van der Waals surface area contributed by atoms with Gasteiger partial charge >= 0.3 is 5.97 Å². The van der Waals surface area contributed by atoms with E-state index >= 15 is 0 Å². The van der Waals surface area contributed by atoms with Gasteiger partial charge in [-0.05, 0) is 19.3 Å². The maximum Gasteiger partial charge on any atom is 0.306 e. The predicted molar refractivity (Wildman–Crippen MR) is 63.9 cm³/mol. The van der Waals surface area contributed by atoms with Crippen LogP contribution in [-0.2, 0) is 4.79 Å². The van der Waals surface area contributed by atoms with Gasteiger partial charge in [-0.15, -0.1) is 0 Å². The Morgan fingerprint density at radius 3 is 2.40 bits per heavy atom. The summed E-state index contributed by atoms with van der Waals surface area (Å²) in [6, 6.07) is 0. The summed E-state index contributed by atoms with van der Waals surface area (Å²) in [6.07, 6.45) is 11.2. The molecule has 0 heterocycles. The molecule has 1 N–H and O–H groups in total. The maximum atomic E-state index is 10.9. The summed E-state index contributed by atoms with van der Waals surface area (Å²) in [5, 5.41) is 8.97. The minimum atomic E-state index is -0.649. The molecular weight excluding hydrogens is 188 g/mol. The van der Waals surface area contributed by atoms with E-state index in [4.69, 9.17) is 5.11 Å². The molecule has 0 saturated heterocycles. The molecule has 2 heteroatoms. The zero-order chi connectivity index (χ0) is 11.5. The molecule has 0 amide bonds. The van der Waals surface area contributed by atoms with Gasteiger partial charge < -0.3 is 5.11 Å². The van der Waals surface area contributed by atoms with Crippen LogP contribution < -0.4 is 0 Å². The number of unbranched alkanes of at least 4 members (excludes halogenated alkanes) is 3. The number of hydrogen-bond donors (Lipinski definition) is 1. The van der Waals surface area contributed by atoms with Crippen LogP contribution in [0.1, 0.15) is 58.8 Å². The second-order valence-corrected chi connectivity index (χ2v) is 4.03. The van der Waals surface area contributed by atoms with Crippen molar-refractivity contribution < 1.29 is 9.90 Å². The Morgan fingerprint density at radius 1 is 1.20 bits per heavy atom. The summed E-state index contributed by atoms with van der Waals surface area (Å²) in [5.41, 5.74) is 0. The number of carbonyl (C=O) groups is 1. The van der Waals surface area contributed by atoms with E-state index in [0.717, 1.165) is 25.7 Å². The number of aliphatic carboxylic acids is 1. The van der Waals surface area contributed by atoms with Crippen LogP contribution in [-0.4, -0.2) is 11.1 Å². The predicted octanol–water partition coefficient (Wildman–Crippen LogP) is 4.01. The van der Waals surface area contributed by atoms with Gasteiger partial charge in [0.05, 0.1) is 5.92 Å². The standard InChI is InChI=1S/C13H24O2/c1-3-5-7-8-9-11-12(13(14)15)10-6-4-2/h8-9,12H,3-7,10-11H2,1-2H3,(H,14,15). The van der Waals surface area contributed by atoms with E-state index in [0.29, 0.717) is 6.42 Å². The van der Waals surface area contributed by atoms with Crippen LogP contribution in [0.3, 0.4) is 0 Å². The number of allylic oxidation sites excluding steroid dienone is 2. The Morgan fingerprint density at radius 2 is 1.87 bits per heavy atom. The Labute approximate surface area is 93.4 Å². The normalized spacial score (nSPS) is 13.2. The second kappa shape index (κ2) is 9.75. The van der Waals surface area contributed by atoms with Crippen LogP contribution in [0.2, 0.25) is 0 Å². The van der Waals surface area contributed by atoms with Crippen LogP contribution in [0, 0.1) is 5.92 Å². The zero-order valence-electron chi connectivity index (χ0n) is 10.0. The number of rotatable bonds is 9. The summed E-state index contributed by atoms with van der Waals surface area (Å²) < 4.78 is 0. The van der Waals surface area contributed by atoms with Crippen LogP contribution in [0.5, 0.6) is 0 Å². The van der Waals surface area contributed by atoms with Crippen LogP contribution in [0.4, 0.5) is 0 Å². The van der Waals surface area contributed by atoms with Gasteiger partial charge in [-0.3, -0.25) is 4.79 Å². The fourth-order valence-electron chi connectivity index (χ4n) is 1.49. The van der Waals surface area contributed by atoms with Crippen molar-refractivity contribution >= 4 is 5.97 Å². The summed E-state index contributed by atoms with van der Waals surface area (Å²) in [7, 11) is 0. The highest BCUT2D eigenvalue weighted by molar-refractivity contribution is 5.70. The average Bonchev–Trinajstić information content (AvgIpc) is 2.21. The van der Waals surface area contributed by atoms with Crippen molar-refractivity contribution in [3.63, 3.8) is 0 Å². The molecule has 0 aromatic heterocycles. The molecule has 0 fully saturated rings. The molecule has 0 radical (unpaired) electrons. The molecule has 0 aliphatic rings. The molecule has 0 spiro atoms. The monoisotopic (exact) mass is 212 g/mol. The molecule has 0 aromatic carbocycles. The maximum absolute atomic E-state index is 10.9. The lowest BCUT2D eigenvalue weighted by Crippen LogP contribution is -2.12. The van der Waals surface area contributed by atoms with Crippen LogP contribution in [0.15, 0.2) is 12.2 Å². The van der Waals surface area contributed by atoms with E-state index in [1.54, 1.807) is 0 Å². The third kappa shape index (κ3) is 8.22. The van der Waals surface area contributed by atoms with Crippen molar-refractivity contribution in [2.45, 2.75) is 58.8 Å². The molecule has 2 nitrogen and oxygen atoms in total. The third-order valence-corrected chi connectivity index (χ3v) is 2.57. The van der Waals surface area contributed by atoms with Crippen molar-refractivity contribution in [3.05, 3.63) is 12.2 Å². The van der Waals surface area contributed by atoms with Gasteiger partial charge in [0.2, 0.25) is 0 Å². The van der Waals surface area contributed by atoms with Gasteiger partial charge in [-0.1, -0.05) is 51.7 Å². The molecular formula is C13H24O2. The SMILES string of the molecule is CCCCC=CCC(CCCC)C(=O)O. The van der Waals surface area contributed by atoms with E-state index in [2.05, 4.69) is 19.9 Å². The van der Waals surface area contributed by atoms with Crippen molar-refractivity contribution in [2.75, 3.05) is 0 Å². The van der Waals surface area contributed by atoms with Gasteiger partial charge in [0.15, 0.2) is 0 Å². The molecule has 1 unspecified atom stereocenters. The molecule has 0 saturated carbocycles. The van der Waals surface area contributed by atoms with Gasteiger partial charge in [0.1, 0.15) is 0 Å². The van der Waals surface area contributed by atoms with Crippen molar-refractivity contribution in [1.82, 2.24) is 0 Å². The lowest BCUT2D eigenvalue weighted by Gasteiger charge is -2.08. The minimum Gasteiger partial charge on any atom is -0.481 e. The molecule has 15 heavy (non-hydrogen) atoms. The minimum absolute atomic E-state index is 0.178. The lowest BCUT2D eigenvalue weighted by atomic mass is 9.98. The topological polar surface area (TPSA) is 37.3 Å². The van der Waals surface area contributed by atoms with Gasteiger partial charge in [0.25, 0.3) is 0 Å². The summed E-state index contributed by atoms with van der Waals surface area (Å²) in [6.45, 7) is 4.26. The highest BCUT2D eigenvalue weighted by Gasteiger charge is 2.14. The molecule has 0 aromatic rings. The number of carboxylic acids is 1. The van der Waals surface area contributed by atoms with E-state index < -0.39 is 5.97 Å². The fourth-order valence-corrected chi connectivity index (χ4v) is 1.49. The van der Waals surface area contributed by atoms with E-state index in [-0.39, 0.29) is 5.92 Å². The summed E-state index contributed by atoms with van der Waals surface area (Å²) >= 11 is 0.